The molecule has 2 aromatic rings. The molecule has 1 fully saturated rings. The van der Waals surface area contributed by atoms with Gasteiger partial charge in [-0.25, -0.2) is 0 Å². The Hall–Kier alpha value is -1.69. The van der Waals surface area contributed by atoms with Crippen LogP contribution in [0, 0.1) is 0 Å². The van der Waals surface area contributed by atoms with Gasteiger partial charge in [-0.1, -0.05) is 50.1 Å². The molecule has 3 nitrogen and oxygen atoms in total. The van der Waals surface area contributed by atoms with Crippen LogP contribution in [-0.2, 0) is 4.74 Å². The maximum absolute atomic E-state index is 12.3. The number of morpholine rings is 1. The SMILES string of the molecule is O=C(/C=C/C=C(\c1ccc(Br)cc1)N1CCOCC1)c1ccc(Br)cc1. The minimum absolute atomic E-state index is 0.00844. The predicted octanol–water partition coefficient (Wildman–Crippen LogP) is 5.32. The van der Waals surface area contributed by atoms with Crippen molar-refractivity contribution in [2.75, 3.05) is 26.3 Å². The van der Waals surface area contributed by atoms with E-state index in [4.69, 9.17) is 4.74 Å². The van der Waals surface area contributed by atoms with Crippen molar-refractivity contribution < 1.29 is 9.53 Å². The quantitative estimate of drug-likeness (QED) is 0.332. The fourth-order valence-corrected chi connectivity index (χ4v) is 3.27. The summed E-state index contributed by atoms with van der Waals surface area (Å²) in [5.41, 5.74) is 2.89. The number of halogens is 2. The lowest BCUT2D eigenvalue weighted by atomic mass is 10.1. The van der Waals surface area contributed by atoms with E-state index >= 15 is 0 Å². The summed E-state index contributed by atoms with van der Waals surface area (Å²) >= 11 is 6.86. The topological polar surface area (TPSA) is 29.5 Å². The van der Waals surface area contributed by atoms with Gasteiger partial charge in [0.15, 0.2) is 5.78 Å². The zero-order valence-electron chi connectivity index (χ0n) is 14.2. The third kappa shape index (κ3) is 5.16. The second-order valence-electron chi connectivity index (χ2n) is 5.89. The first kappa shape index (κ1) is 19.1. The molecule has 0 unspecified atom stereocenters. The minimum atomic E-state index is -0.00844. The van der Waals surface area contributed by atoms with Gasteiger partial charge in [0.1, 0.15) is 0 Å². The van der Waals surface area contributed by atoms with Crippen molar-refractivity contribution in [3.05, 3.63) is 86.8 Å². The molecule has 3 rings (SSSR count). The van der Waals surface area contributed by atoms with Gasteiger partial charge in [-0.15, -0.1) is 0 Å². The molecule has 26 heavy (non-hydrogen) atoms. The van der Waals surface area contributed by atoms with E-state index in [1.165, 1.54) is 0 Å². The normalized spacial score (nSPS) is 15.5. The van der Waals surface area contributed by atoms with E-state index in [2.05, 4.69) is 48.9 Å². The van der Waals surface area contributed by atoms with Crippen molar-refractivity contribution in [3.63, 3.8) is 0 Å². The molecule has 0 atom stereocenters. The van der Waals surface area contributed by atoms with Crippen LogP contribution >= 0.6 is 31.9 Å². The van der Waals surface area contributed by atoms with E-state index in [1.807, 2.05) is 48.6 Å². The number of carbonyl (C=O) groups excluding carboxylic acids is 1. The summed E-state index contributed by atoms with van der Waals surface area (Å²) in [5.74, 6) is -0.00844. The molecule has 0 spiro atoms. The first-order chi connectivity index (χ1) is 12.6. The Balaban J connectivity index is 1.82. The summed E-state index contributed by atoms with van der Waals surface area (Å²) in [5, 5.41) is 0. The molecular formula is C21H19Br2NO2. The van der Waals surface area contributed by atoms with Crippen molar-refractivity contribution in [2.45, 2.75) is 0 Å². The zero-order chi connectivity index (χ0) is 18.4. The van der Waals surface area contributed by atoms with Gasteiger partial charge in [-0.3, -0.25) is 4.79 Å². The molecule has 0 aliphatic carbocycles. The number of nitrogens with zero attached hydrogens (tertiary/aromatic N) is 1. The Morgan fingerprint density at radius 1 is 0.885 bits per heavy atom. The monoisotopic (exact) mass is 475 g/mol. The lowest BCUT2D eigenvalue weighted by Crippen LogP contribution is -2.34. The molecule has 1 aliphatic rings. The number of allylic oxidation sites excluding steroid dienone is 3. The lowest BCUT2D eigenvalue weighted by Gasteiger charge is -2.31. The van der Waals surface area contributed by atoms with E-state index in [-0.39, 0.29) is 5.78 Å². The molecule has 0 bridgehead atoms. The van der Waals surface area contributed by atoms with Gasteiger partial charge < -0.3 is 9.64 Å². The van der Waals surface area contributed by atoms with Gasteiger partial charge in [0.25, 0.3) is 0 Å². The molecule has 5 heteroatoms. The standard InChI is InChI=1S/C21H19Br2NO2/c22-18-8-4-16(5-9-18)20(24-12-14-26-15-13-24)2-1-3-21(25)17-6-10-19(23)11-7-17/h1-11H,12-15H2/b3-1+,20-2+. The number of hydrogen-bond acceptors (Lipinski definition) is 3. The Kier molecular flexibility index (Phi) is 6.83. The summed E-state index contributed by atoms with van der Waals surface area (Å²) in [7, 11) is 0. The first-order valence-electron chi connectivity index (χ1n) is 8.40. The molecule has 0 radical (unpaired) electrons. The van der Waals surface area contributed by atoms with E-state index in [0.717, 1.165) is 46.5 Å². The van der Waals surface area contributed by atoms with Crippen LogP contribution in [0.1, 0.15) is 15.9 Å². The van der Waals surface area contributed by atoms with E-state index in [9.17, 15) is 4.79 Å². The molecule has 1 aliphatic heterocycles. The highest BCUT2D eigenvalue weighted by atomic mass is 79.9. The van der Waals surface area contributed by atoms with E-state index in [1.54, 1.807) is 6.08 Å². The number of rotatable bonds is 5. The minimum Gasteiger partial charge on any atom is -0.378 e. The molecule has 1 heterocycles. The Morgan fingerprint density at radius 3 is 2.00 bits per heavy atom. The van der Waals surface area contributed by atoms with Crippen LogP contribution in [0.25, 0.3) is 5.70 Å². The number of hydrogen-bond donors (Lipinski definition) is 0. The maximum atomic E-state index is 12.3. The number of benzene rings is 2. The van der Waals surface area contributed by atoms with Crippen LogP contribution in [0.5, 0.6) is 0 Å². The number of ketones is 1. The zero-order valence-corrected chi connectivity index (χ0v) is 17.4. The van der Waals surface area contributed by atoms with Crippen molar-refractivity contribution in [1.29, 1.82) is 0 Å². The first-order valence-corrected chi connectivity index (χ1v) is 9.99. The Bertz CT molecular complexity index is 805. The van der Waals surface area contributed by atoms with Gasteiger partial charge in [0.2, 0.25) is 0 Å². The molecule has 0 amide bonds. The fourth-order valence-electron chi connectivity index (χ4n) is 2.75. The third-order valence-corrected chi connectivity index (χ3v) is 5.18. The lowest BCUT2D eigenvalue weighted by molar-refractivity contribution is 0.0639. The molecule has 0 saturated carbocycles. The number of ether oxygens (including phenoxy) is 1. The summed E-state index contributed by atoms with van der Waals surface area (Å²) in [4.78, 5) is 14.6. The smallest absolute Gasteiger partial charge is 0.185 e. The highest BCUT2D eigenvalue weighted by Crippen LogP contribution is 2.23. The van der Waals surface area contributed by atoms with Crippen molar-refractivity contribution in [1.82, 2.24) is 4.90 Å². The highest BCUT2D eigenvalue weighted by Gasteiger charge is 2.14. The molecule has 2 aromatic carbocycles. The van der Waals surface area contributed by atoms with Gasteiger partial charge in [-0.05, 0) is 54.1 Å². The van der Waals surface area contributed by atoms with Gasteiger partial charge in [-0.2, -0.15) is 0 Å². The Morgan fingerprint density at radius 2 is 1.42 bits per heavy atom. The molecule has 0 aromatic heterocycles. The second kappa shape index (κ2) is 9.31. The van der Waals surface area contributed by atoms with E-state index in [0.29, 0.717) is 5.56 Å². The predicted molar refractivity (Wildman–Crippen MR) is 112 cm³/mol. The van der Waals surface area contributed by atoms with Crippen LogP contribution in [0.2, 0.25) is 0 Å². The fraction of sp³-hybridized carbons (Fsp3) is 0.190. The molecule has 1 saturated heterocycles. The van der Waals surface area contributed by atoms with Crippen LogP contribution in [0.3, 0.4) is 0 Å². The number of carbonyl (C=O) groups is 1. The molecule has 134 valence electrons. The van der Waals surface area contributed by atoms with Crippen LogP contribution in [0.4, 0.5) is 0 Å². The van der Waals surface area contributed by atoms with Crippen LogP contribution < -0.4 is 0 Å². The van der Waals surface area contributed by atoms with Gasteiger partial charge >= 0.3 is 0 Å². The maximum Gasteiger partial charge on any atom is 0.185 e. The van der Waals surface area contributed by atoms with Crippen molar-refractivity contribution in [2.24, 2.45) is 0 Å². The van der Waals surface area contributed by atoms with Gasteiger partial charge in [0, 0.05) is 33.3 Å². The van der Waals surface area contributed by atoms with Crippen LogP contribution in [0.15, 0.2) is 75.7 Å². The summed E-state index contributed by atoms with van der Waals surface area (Å²) in [6.07, 6.45) is 5.45. The van der Waals surface area contributed by atoms with E-state index < -0.39 is 0 Å². The van der Waals surface area contributed by atoms with Gasteiger partial charge in [0.05, 0.1) is 13.2 Å². The average molecular weight is 477 g/mol. The average Bonchev–Trinajstić information content (AvgIpc) is 2.67. The summed E-state index contributed by atoms with van der Waals surface area (Å²) in [6, 6.07) is 15.6. The van der Waals surface area contributed by atoms with Crippen LogP contribution in [-0.4, -0.2) is 37.0 Å². The third-order valence-electron chi connectivity index (χ3n) is 4.12. The second-order valence-corrected chi connectivity index (χ2v) is 7.72. The molecule has 0 N–H and O–H groups in total. The highest BCUT2D eigenvalue weighted by molar-refractivity contribution is 9.10. The summed E-state index contributed by atoms with van der Waals surface area (Å²) in [6.45, 7) is 3.12. The Labute approximate surface area is 170 Å². The van der Waals surface area contributed by atoms with Crippen molar-refractivity contribution in [3.8, 4) is 0 Å². The summed E-state index contributed by atoms with van der Waals surface area (Å²) < 4.78 is 7.47. The van der Waals surface area contributed by atoms with Crippen molar-refractivity contribution >= 4 is 43.3 Å². The largest absolute Gasteiger partial charge is 0.378 e. The molecular weight excluding hydrogens is 458 g/mol.